The van der Waals surface area contributed by atoms with Gasteiger partial charge in [0, 0.05) is 12.6 Å². The van der Waals surface area contributed by atoms with E-state index in [0.717, 1.165) is 17.0 Å². The molecule has 0 aliphatic carbocycles. The van der Waals surface area contributed by atoms with Crippen molar-refractivity contribution < 1.29 is 14.6 Å². The topological polar surface area (TPSA) is 49.8 Å². The van der Waals surface area contributed by atoms with E-state index >= 15 is 0 Å². The largest absolute Gasteiger partial charge is 0.490 e. The van der Waals surface area contributed by atoms with E-state index in [2.05, 4.69) is 0 Å². The number of hydrogen-bond acceptors (Lipinski definition) is 3. The number of carbonyl (C=O) groups is 1. The summed E-state index contributed by atoms with van der Waals surface area (Å²) < 4.78 is 5.55. The van der Waals surface area contributed by atoms with Crippen molar-refractivity contribution in [3.05, 3.63) is 35.5 Å². The normalized spacial score (nSPS) is 17.2. The number of nitrogens with zero attached hydrogens (tertiary/aromatic N) is 1. The van der Waals surface area contributed by atoms with Crippen LogP contribution in [0.15, 0.2) is 30.0 Å². The molecule has 82 valence electrons. The van der Waals surface area contributed by atoms with Crippen LogP contribution in [0.25, 0.3) is 0 Å². The molecule has 0 fully saturated rings. The van der Waals surface area contributed by atoms with E-state index in [1.54, 1.807) is 6.20 Å². The molecular weight excluding hydrogens is 206 g/mol. The van der Waals surface area contributed by atoms with Gasteiger partial charge in [-0.3, -0.25) is 0 Å². The molecule has 2 aliphatic rings. The molecule has 0 aromatic heterocycles. The van der Waals surface area contributed by atoms with Crippen LogP contribution in [-0.2, 0) is 11.2 Å². The Labute approximate surface area is 92.7 Å². The Morgan fingerprint density at radius 3 is 3.12 bits per heavy atom. The van der Waals surface area contributed by atoms with Gasteiger partial charge in [0.15, 0.2) is 0 Å². The van der Waals surface area contributed by atoms with Gasteiger partial charge in [-0.1, -0.05) is 12.1 Å². The number of hydrogen-bond donors (Lipinski definition) is 1. The molecule has 0 bridgehead atoms. The first-order valence-corrected chi connectivity index (χ1v) is 5.21. The lowest BCUT2D eigenvalue weighted by Crippen LogP contribution is -2.32. The van der Waals surface area contributed by atoms with Crippen LogP contribution >= 0.6 is 0 Å². The highest BCUT2D eigenvalue weighted by atomic mass is 16.5. The zero-order valence-electron chi connectivity index (χ0n) is 8.64. The lowest BCUT2D eigenvalue weighted by molar-refractivity contribution is -0.132. The first-order chi connectivity index (χ1) is 7.75. The fraction of sp³-hybridized carbons (Fsp3) is 0.250. The summed E-state index contributed by atoms with van der Waals surface area (Å²) in [7, 11) is 0. The Kier molecular flexibility index (Phi) is 1.89. The lowest BCUT2D eigenvalue weighted by Gasteiger charge is -2.33. The molecule has 0 radical (unpaired) electrons. The molecule has 1 N–H and O–H groups in total. The molecule has 4 nitrogen and oxygen atoms in total. The van der Waals surface area contributed by atoms with Gasteiger partial charge in [0.2, 0.25) is 0 Å². The molecule has 1 aromatic carbocycles. The number of ether oxygens (including phenoxy) is 1. The molecule has 0 saturated carbocycles. The predicted octanol–water partition coefficient (Wildman–Crippen LogP) is 1.41. The van der Waals surface area contributed by atoms with Gasteiger partial charge in [-0.05, 0) is 11.6 Å². The Balaban J connectivity index is 2.13. The summed E-state index contributed by atoms with van der Waals surface area (Å²) in [4.78, 5) is 13.0. The maximum absolute atomic E-state index is 11.0. The molecule has 2 heterocycles. The zero-order chi connectivity index (χ0) is 11.1. The second kappa shape index (κ2) is 3.27. The Morgan fingerprint density at radius 2 is 2.31 bits per heavy atom. The van der Waals surface area contributed by atoms with Crippen molar-refractivity contribution in [1.29, 1.82) is 0 Å². The number of para-hydroxylation sites is 1. The third-order valence-electron chi connectivity index (χ3n) is 2.93. The van der Waals surface area contributed by atoms with Crippen LogP contribution in [0.1, 0.15) is 5.56 Å². The van der Waals surface area contributed by atoms with E-state index in [1.807, 2.05) is 23.1 Å². The van der Waals surface area contributed by atoms with E-state index in [4.69, 9.17) is 9.84 Å². The summed E-state index contributed by atoms with van der Waals surface area (Å²) in [5.74, 6) is 0.00647. The minimum atomic E-state index is -0.845. The second-order valence-electron chi connectivity index (χ2n) is 3.94. The molecule has 3 rings (SSSR count). The van der Waals surface area contributed by atoms with Crippen LogP contribution in [0.4, 0.5) is 5.69 Å². The third-order valence-corrected chi connectivity index (χ3v) is 2.93. The highest BCUT2D eigenvalue weighted by Crippen LogP contribution is 2.39. The van der Waals surface area contributed by atoms with Gasteiger partial charge >= 0.3 is 5.97 Å². The third kappa shape index (κ3) is 1.26. The maximum atomic E-state index is 11.0. The molecule has 0 amide bonds. The van der Waals surface area contributed by atoms with Crippen LogP contribution in [0.2, 0.25) is 0 Å². The number of anilines is 1. The smallest absolute Gasteiger partial charge is 0.333 e. The summed E-state index contributed by atoms with van der Waals surface area (Å²) in [5.41, 5.74) is 2.49. The van der Waals surface area contributed by atoms with Crippen molar-refractivity contribution in [2.24, 2.45) is 0 Å². The van der Waals surface area contributed by atoms with Gasteiger partial charge in [0.05, 0.1) is 17.8 Å². The molecule has 2 aliphatic heterocycles. The average molecular weight is 217 g/mol. The summed E-state index contributed by atoms with van der Waals surface area (Å²) >= 11 is 0. The average Bonchev–Trinajstić information content (AvgIpc) is 2.29. The fourth-order valence-electron chi connectivity index (χ4n) is 2.22. The Morgan fingerprint density at radius 1 is 1.44 bits per heavy atom. The first kappa shape index (κ1) is 9.27. The molecule has 16 heavy (non-hydrogen) atoms. The van der Waals surface area contributed by atoms with Crippen LogP contribution in [0.5, 0.6) is 5.75 Å². The molecule has 1 aromatic rings. The minimum absolute atomic E-state index is 0.437. The quantitative estimate of drug-likeness (QED) is 0.772. The standard InChI is InChI=1S/C12H11NO3/c14-12(15)9-6-8-2-1-3-10-11(8)13(7-9)4-5-16-10/h1-3,7H,4-6H2,(H,14,15). The van der Waals surface area contributed by atoms with Crippen molar-refractivity contribution in [3.63, 3.8) is 0 Å². The highest BCUT2D eigenvalue weighted by Gasteiger charge is 2.26. The van der Waals surface area contributed by atoms with Crippen LogP contribution in [-0.4, -0.2) is 24.2 Å². The van der Waals surface area contributed by atoms with Gasteiger partial charge in [-0.15, -0.1) is 0 Å². The van der Waals surface area contributed by atoms with Crippen molar-refractivity contribution in [2.75, 3.05) is 18.1 Å². The summed E-state index contributed by atoms with van der Waals surface area (Å²) in [6.07, 6.45) is 2.19. The lowest BCUT2D eigenvalue weighted by atomic mass is 9.98. The SMILES string of the molecule is O=C(O)C1=CN2CCOc3cccc(c32)C1. The fourth-order valence-corrected chi connectivity index (χ4v) is 2.22. The molecule has 0 unspecified atom stereocenters. The number of aliphatic carboxylic acids is 1. The van der Waals surface area contributed by atoms with E-state index in [1.165, 1.54) is 0 Å². The summed E-state index contributed by atoms with van der Waals surface area (Å²) in [6.45, 7) is 1.31. The molecular formula is C12H11NO3. The van der Waals surface area contributed by atoms with Crippen LogP contribution in [0, 0.1) is 0 Å². The zero-order valence-corrected chi connectivity index (χ0v) is 8.64. The second-order valence-corrected chi connectivity index (χ2v) is 3.94. The van der Waals surface area contributed by atoms with Crippen LogP contribution in [0.3, 0.4) is 0 Å². The van der Waals surface area contributed by atoms with Crippen molar-refractivity contribution in [1.82, 2.24) is 0 Å². The first-order valence-electron chi connectivity index (χ1n) is 5.21. The highest BCUT2D eigenvalue weighted by molar-refractivity contribution is 5.90. The predicted molar refractivity (Wildman–Crippen MR) is 58.7 cm³/mol. The van der Waals surface area contributed by atoms with E-state index in [-0.39, 0.29) is 0 Å². The maximum Gasteiger partial charge on any atom is 0.333 e. The van der Waals surface area contributed by atoms with Crippen LogP contribution < -0.4 is 9.64 Å². The van der Waals surface area contributed by atoms with Gasteiger partial charge in [0.25, 0.3) is 0 Å². The van der Waals surface area contributed by atoms with Crippen molar-refractivity contribution >= 4 is 11.7 Å². The Hall–Kier alpha value is -1.97. The van der Waals surface area contributed by atoms with Gasteiger partial charge in [-0.2, -0.15) is 0 Å². The Bertz CT molecular complexity index is 493. The summed E-state index contributed by atoms with van der Waals surface area (Å²) in [6, 6.07) is 5.78. The van der Waals surface area contributed by atoms with Gasteiger partial charge in [-0.25, -0.2) is 4.79 Å². The van der Waals surface area contributed by atoms with Crippen molar-refractivity contribution in [2.45, 2.75) is 6.42 Å². The minimum Gasteiger partial charge on any atom is -0.490 e. The van der Waals surface area contributed by atoms with E-state index in [9.17, 15) is 4.79 Å². The monoisotopic (exact) mass is 217 g/mol. The van der Waals surface area contributed by atoms with Gasteiger partial charge in [0.1, 0.15) is 12.4 Å². The van der Waals surface area contributed by atoms with Gasteiger partial charge < -0.3 is 14.7 Å². The molecule has 4 heteroatoms. The summed E-state index contributed by atoms with van der Waals surface area (Å²) in [5, 5.41) is 9.04. The molecule has 0 spiro atoms. The van der Waals surface area contributed by atoms with Crippen molar-refractivity contribution in [3.8, 4) is 5.75 Å². The number of carboxylic acid groups (broad SMARTS) is 1. The molecule has 0 atom stereocenters. The van der Waals surface area contributed by atoms with E-state index < -0.39 is 5.97 Å². The van der Waals surface area contributed by atoms with E-state index in [0.29, 0.717) is 25.1 Å². The number of rotatable bonds is 1. The number of carboxylic acids is 1. The molecule has 0 saturated heterocycles. The number of benzene rings is 1.